The van der Waals surface area contributed by atoms with Crippen LogP contribution < -0.4 is 10.2 Å². The van der Waals surface area contributed by atoms with E-state index in [1.807, 2.05) is 18.2 Å². The van der Waals surface area contributed by atoms with E-state index in [1.54, 1.807) is 12.4 Å². The minimum atomic E-state index is 0.468. The van der Waals surface area contributed by atoms with E-state index < -0.39 is 0 Å². The summed E-state index contributed by atoms with van der Waals surface area (Å²) in [7, 11) is 0. The summed E-state index contributed by atoms with van der Waals surface area (Å²) in [6.45, 7) is 6.31. The molecule has 2 N–H and O–H groups in total. The molecule has 0 fully saturated rings. The molecule has 4 aromatic rings. The molecule has 4 rings (SSSR count). The number of H-pyrrole nitrogens is 1. The number of anilines is 3. The van der Waals surface area contributed by atoms with Gasteiger partial charge in [0.05, 0.1) is 17.9 Å². The van der Waals surface area contributed by atoms with Crippen molar-refractivity contribution in [2.45, 2.75) is 13.8 Å². The molecule has 0 atom stereocenters. The molecular formula is C20H21N5O. The van der Waals surface area contributed by atoms with Gasteiger partial charge in [-0.3, -0.25) is 5.10 Å². The van der Waals surface area contributed by atoms with Crippen LogP contribution in [0.4, 0.5) is 17.4 Å². The molecule has 2 aromatic carbocycles. The van der Waals surface area contributed by atoms with Gasteiger partial charge in [-0.2, -0.15) is 5.10 Å². The first-order valence-corrected chi connectivity index (χ1v) is 8.78. The number of oxazole rings is 1. The molecule has 0 saturated carbocycles. The Morgan fingerprint density at radius 3 is 2.62 bits per heavy atom. The Bertz CT molecular complexity index is 998. The summed E-state index contributed by atoms with van der Waals surface area (Å²) >= 11 is 0. The van der Waals surface area contributed by atoms with Crippen molar-refractivity contribution < 1.29 is 4.42 Å². The molecule has 0 saturated heterocycles. The Morgan fingerprint density at radius 2 is 1.85 bits per heavy atom. The van der Waals surface area contributed by atoms with Gasteiger partial charge in [0, 0.05) is 35.4 Å². The molecule has 26 heavy (non-hydrogen) atoms. The highest BCUT2D eigenvalue weighted by Gasteiger charge is 2.08. The Labute approximate surface area is 151 Å². The highest BCUT2D eigenvalue weighted by molar-refractivity contribution is 5.82. The highest BCUT2D eigenvalue weighted by atomic mass is 16.4. The molecule has 6 nitrogen and oxygen atoms in total. The van der Waals surface area contributed by atoms with Gasteiger partial charge in [-0.15, -0.1) is 0 Å². The van der Waals surface area contributed by atoms with E-state index in [9.17, 15) is 0 Å². The van der Waals surface area contributed by atoms with Crippen LogP contribution >= 0.6 is 0 Å². The lowest BCUT2D eigenvalue weighted by molar-refractivity contribution is 0.592. The van der Waals surface area contributed by atoms with Crippen LogP contribution in [-0.4, -0.2) is 28.3 Å². The van der Waals surface area contributed by atoms with E-state index in [4.69, 9.17) is 4.42 Å². The van der Waals surface area contributed by atoms with Crippen LogP contribution in [0.2, 0.25) is 0 Å². The molecule has 6 heteroatoms. The molecule has 132 valence electrons. The molecule has 2 heterocycles. The van der Waals surface area contributed by atoms with E-state index >= 15 is 0 Å². The molecular weight excluding hydrogens is 326 g/mol. The summed E-state index contributed by atoms with van der Waals surface area (Å²) in [6.07, 6.45) is 3.53. The quantitative estimate of drug-likeness (QED) is 0.524. The van der Waals surface area contributed by atoms with Gasteiger partial charge in [0.15, 0.2) is 5.76 Å². The molecule has 0 spiro atoms. The lowest BCUT2D eigenvalue weighted by Crippen LogP contribution is -2.21. The first-order valence-electron chi connectivity index (χ1n) is 8.78. The van der Waals surface area contributed by atoms with Crippen LogP contribution in [0.25, 0.3) is 22.2 Å². The lowest BCUT2D eigenvalue weighted by atomic mass is 10.1. The zero-order valence-corrected chi connectivity index (χ0v) is 14.9. The summed E-state index contributed by atoms with van der Waals surface area (Å²) in [4.78, 5) is 6.64. The summed E-state index contributed by atoms with van der Waals surface area (Å²) < 4.78 is 5.86. The van der Waals surface area contributed by atoms with Crippen LogP contribution in [0, 0.1) is 0 Å². The van der Waals surface area contributed by atoms with Gasteiger partial charge in [0.2, 0.25) is 0 Å². The third-order valence-corrected chi connectivity index (χ3v) is 4.48. The molecule has 0 aliphatic heterocycles. The number of aromatic amines is 1. The van der Waals surface area contributed by atoms with Gasteiger partial charge < -0.3 is 14.6 Å². The Hall–Kier alpha value is -3.28. The Morgan fingerprint density at radius 1 is 1.04 bits per heavy atom. The summed E-state index contributed by atoms with van der Waals surface area (Å²) in [5.41, 5.74) is 4.12. The van der Waals surface area contributed by atoms with Gasteiger partial charge in [0.25, 0.3) is 6.01 Å². The Balaban J connectivity index is 1.52. The second-order valence-electron chi connectivity index (χ2n) is 6.05. The number of aromatic nitrogens is 3. The van der Waals surface area contributed by atoms with Crippen molar-refractivity contribution in [1.82, 2.24) is 15.2 Å². The number of fused-ring (bicyclic) bond motifs is 1. The molecule has 2 aromatic heterocycles. The fourth-order valence-corrected chi connectivity index (χ4v) is 3.03. The topological polar surface area (TPSA) is 70.0 Å². The number of hydrogen-bond donors (Lipinski definition) is 2. The largest absolute Gasteiger partial charge is 0.423 e. The number of rotatable bonds is 6. The molecule has 0 amide bonds. The van der Waals surface area contributed by atoms with Crippen molar-refractivity contribution in [2.24, 2.45) is 0 Å². The monoisotopic (exact) mass is 347 g/mol. The first-order chi connectivity index (χ1) is 12.8. The third-order valence-electron chi connectivity index (χ3n) is 4.48. The third kappa shape index (κ3) is 3.13. The van der Waals surface area contributed by atoms with Crippen LogP contribution in [0.3, 0.4) is 0 Å². The minimum absolute atomic E-state index is 0.468. The highest BCUT2D eigenvalue weighted by Crippen LogP contribution is 2.27. The van der Waals surface area contributed by atoms with Gasteiger partial charge >= 0.3 is 0 Å². The Kier molecular flexibility index (Phi) is 4.31. The number of benzene rings is 2. The van der Waals surface area contributed by atoms with E-state index in [-0.39, 0.29) is 0 Å². The maximum atomic E-state index is 5.86. The summed E-state index contributed by atoms with van der Waals surface area (Å²) in [6, 6.07) is 14.8. The van der Waals surface area contributed by atoms with Crippen LogP contribution in [0.15, 0.2) is 59.3 Å². The number of nitrogens with zero attached hydrogens (tertiary/aromatic N) is 3. The lowest BCUT2D eigenvalue weighted by Gasteiger charge is -2.20. The minimum Gasteiger partial charge on any atom is -0.423 e. The molecule has 0 radical (unpaired) electrons. The predicted molar refractivity (Wildman–Crippen MR) is 105 cm³/mol. The van der Waals surface area contributed by atoms with Gasteiger partial charge in [0.1, 0.15) is 0 Å². The standard InChI is InChI=1S/C20H21N5O/c1-3-25(4-2)17-8-5-14(6-9-17)19-13-21-20(26-19)23-16-7-10-18-15(11-16)12-22-24-18/h5-13H,3-4H2,1-2H3,(H,21,23)(H,22,24). The van der Waals surface area contributed by atoms with Crippen molar-refractivity contribution in [3.05, 3.63) is 54.9 Å². The normalized spacial score (nSPS) is 11.0. The zero-order valence-electron chi connectivity index (χ0n) is 14.9. The van der Waals surface area contributed by atoms with Gasteiger partial charge in [-0.25, -0.2) is 4.98 Å². The van der Waals surface area contributed by atoms with Gasteiger partial charge in [-0.05, 0) is 56.3 Å². The number of hydrogen-bond acceptors (Lipinski definition) is 5. The average molecular weight is 347 g/mol. The van der Waals surface area contributed by atoms with E-state index in [1.165, 1.54) is 5.69 Å². The van der Waals surface area contributed by atoms with Crippen molar-refractivity contribution >= 4 is 28.3 Å². The van der Waals surface area contributed by atoms with Gasteiger partial charge in [-0.1, -0.05) is 0 Å². The number of nitrogens with one attached hydrogen (secondary N) is 2. The van der Waals surface area contributed by atoms with Crippen LogP contribution in [0.5, 0.6) is 0 Å². The van der Waals surface area contributed by atoms with Crippen LogP contribution in [0.1, 0.15) is 13.8 Å². The maximum absolute atomic E-state index is 5.86. The van der Waals surface area contributed by atoms with E-state index in [0.29, 0.717) is 6.01 Å². The predicted octanol–water partition coefficient (Wildman–Crippen LogP) is 4.81. The second kappa shape index (κ2) is 6.92. The van der Waals surface area contributed by atoms with Crippen molar-refractivity contribution in [3.63, 3.8) is 0 Å². The summed E-state index contributed by atoms with van der Waals surface area (Å²) in [5.74, 6) is 0.739. The fraction of sp³-hybridized carbons (Fsp3) is 0.200. The molecule has 0 bridgehead atoms. The second-order valence-corrected chi connectivity index (χ2v) is 6.05. The first kappa shape index (κ1) is 16.2. The van der Waals surface area contributed by atoms with Crippen molar-refractivity contribution in [2.75, 3.05) is 23.3 Å². The zero-order chi connectivity index (χ0) is 17.9. The fourth-order valence-electron chi connectivity index (χ4n) is 3.03. The van der Waals surface area contributed by atoms with Crippen molar-refractivity contribution in [3.8, 4) is 11.3 Å². The van der Waals surface area contributed by atoms with E-state index in [2.05, 4.69) is 63.5 Å². The SMILES string of the molecule is CCN(CC)c1ccc(-c2cnc(Nc3ccc4[nH]ncc4c3)o2)cc1. The molecule has 0 aliphatic rings. The molecule has 0 aliphatic carbocycles. The maximum Gasteiger partial charge on any atom is 0.299 e. The van der Waals surface area contributed by atoms with Crippen molar-refractivity contribution in [1.29, 1.82) is 0 Å². The van der Waals surface area contributed by atoms with Crippen LogP contribution in [-0.2, 0) is 0 Å². The molecule has 0 unspecified atom stereocenters. The average Bonchev–Trinajstić information content (AvgIpc) is 3.32. The smallest absolute Gasteiger partial charge is 0.299 e. The summed E-state index contributed by atoms with van der Waals surface area (Å²) in [5, 5.41) is 11.2. The van der Waals surface area contributed by atoms with E-state index in [0.717, 1.165) is 41.0 Å².